The fourth-order valence-electron chi connectivity index (χ4n) is 2.51. The molecule has 0 unspecified atom stereocenters. The molecule has 22 heavy (non-hydrogen) atoms. The van der Waals surface area contributed by atoms with Crippen LogP contribution in [0.15, 0.2) is 35.0 Å². The van der Waals surface area contributed by atoms with E-state index in [2.05, 4.69) is 16.2 Å². The minimum atomic E-state index is -0.217. The number of H-pyrrole nitrogens is 1. The van der Waals surface area contributed by atoms with Crippen LogP contribution in [-0.4, -0.2) is 16.1 Å². The van der Waals surface area contributed by atoms with Gasteiger partial charge in [-0.1, -0.05) is 23.4 Å². The van der Waals surface area contributed by atoms with Crippen molar-refractivity contribution < 1.29 is 14.1 Å². The number of hydrogen-bond acceptors (Lipinski definition) is 4. The van der Waals surface area contributed by atoms with Crippen LogP contribution in [0.2, 0.25) is 0 Å². The standard InChI is InChI=1S/C17H18N2O3/c1-11-15(12(2)22-19-11)10-21-17(20)8-7-13-9-18-16-6-4-3-5-14(13)16/h3-6,9,18H,7-8,10H2,1-2H3. The van der Waals surface area contributed by atoms with Gasteiger partial charge in [0.1, 0.15) is 12.4 Å². The SMILES string of the molecule is Cc1noc(C)c1COC(=O)CCc1c[nH]c2ccccc12. The Morgan fingerprint density at radius 3 is 2.91 bits per heavy atom. The highest BCUT2D eigenvalue weighted by Gasteiger charge is 2.12. The van der Waals surface area contributed by atoms with E-state index >= 15 is 0 Å². The molecular weight excluding hydrogens is 280 g/mol. The summed E-state index contributed by atoms with van der Waals surface area (Å²) in [5.41, 5.74) is 3.83. The first-order valence-corrected chi connectivity index (χ1v) is 7.27. The summed E-state index contributed by atoms with van der Waals surface area (Å²) < 4.78 is 10.4. The molecule has 0 atom stereocenters. The molecule has 0 fully saturated rings. The van der Waals surface area contributed by atoms with E-state index in [0.29, 0.717) is 18.6 Å². The van der Waals surface area contributed by atoms with Crippen molar-refractivity contribution in [3.8, 4) is 0 Å². The molecule has 3 rings (SSSR count). The molecular formula is C17H18N2O3. The summed E-state index contributed by atoms with van der Waals surface area (Å²) in [4.78, 5) is 15.1. The Morgan fingerprint density at radius 2 is 2.14 bits per heavy atom. The van der Waals surface area contributed by atoms with Crippen molar-refractivity contribution in [1.82, 2.24) is 10.1 Å². The molecule has 0 radical (unpaired) electrons. The van der Waals surface area contributed by atoms with Gasteiger partial charge in [-0.25, -0.2) is 0 Å². The molecule has 5 nitrogen and oxygen atoms in total. The second-order valence-corrected chi connectivity index (χ2v) is 5.32. The average Bonchev–Trinajstić information content (AvgIpc) is 3.07. The fourth-order valence-corrected chi connectivity index (χ4v) is 2.51. The van der Waals surface area contributed by atoms with Crippen LogP contribution in [0.3, 0.4) is 0 Å². The number of rotatable bonds is 5. The summed E-state index contributed by atoms with van der Waals surface area (Å²) in [7, 11) is 0. The van der Waals surface area contributed by atoms with Gasteiger partial charge in [-0.15, -0.1) is 0 Å². The fraction of sp³-hybridized carbons (Fsp3) is 0.294. The first-order valence-electron chi connectivity index (χ1n) is 7.27. The van der Waals surface area contributed by atoms with Crippen molar-refractivity contribution in [2.24, 2.45) is 0 Å². The third-order valence-corrected chi connectivity index (χ3v) is 3.83. The zero-order valence-corrected chi connectivity index (χ0v) is 12.7. The Morgan fingerprint density at radius 1 is 1.32 bits per heavy atom. The number of esters is 1. The number of nitrogens with one attached hydrogen (secondary N) is 1. The first kappa shape index (κ1) is 14.4. The summed E-state index contributed by atoms with van der Waals surface area (Å²) in [5.74, 6) is 0.479. The number of para-hydroxylation sites is 1. The van der Waals surface area contributed by atoms with Gasteiger partial charge in [0.05, 0.1) is 11.3 Å². The number of aromatic amines is 1. The summed E-state index contributed by atoms with van der Waals surface area (Å²) in [5, 5.41) is 5.00. The molecule has 5 heteroatoms. The van der Waals surface area contributed by atoms with Crippen LogP contribution in [0, 0.1) is 13.8 Å². The molecule has 0 aliphatic carbocycles. The predicted octanol–water partition coefficient (Wildman–Crippen LogP) is 3.45. The van der Waals surface area contributed by atoms with Gasteiger partial charge < -0.3 is 14.2 Å². The zero-order chi connectivity index (χ0) is 15.5. The van der Waals surface area contributed by atoms with E-state index in [1.54, 1.807) is 0 Å². The largest absolute Gasteiger partial charge is 0.461 e. The average molecular weight is 298 g/mol. The Hall–Kier alpha value is -2.56. The second kappa shape index (κ2) is 6.05. The third-order valence-electron chi connectivity index (χ3n) is 3.83. The number of aromatic nitrogens is 2. The number of benzene rings is 1. The van der Waals surface area contributed by atoms with Crippen molar-refractivity contribution in [2.45, 2.75) is 33.3 Å². The Balaban J connectivity index is 1.56. The number of ether oxygens (including phenoxy) is 1. The van der Waals surface area contributed by atoms with E-state index < -0.39 is 0 Å². The normalized spacial score (nSPS) is 11.0. The molecule has 0 spiro atoms. The van der Waals surface area contributed by atoms with Crippen LogP contribution in [0.1, 0.15) is 29.0 Å². The van der Waals surface area contributed by atoms with Crippen LogP contribution in [0.4, 0.5) is 0 Å². The summed E-state index contributed by atoms with van der Waals surface area (Å²) >= 11 is 0. The van der Waals surface area contributed by atoms with Crippen molar-refractivity contribution in [3.05, 3.63) is 53.0 Å². The number of aryl methyl sites for hydroxylation is 3. The van der Waals surface area contributed by atoms with Crippen LogP contribution < -0.4 is 0 Å². The van der Waals surface area contributed by atoms with Crippen molar-refractivity contribution in [1.29, 1.82) is 0 Å². The lowest BCUT2D eigenvalue weighted by atomic mass is 10.1. The molecule has 0 amide bonds. The molecule has 0 bridgehead atoms. The molecule has 2 aromatic heterocycles. The molecule has 0 aliphatic rings. The van der Waals surface area contributed by atoms with Crippen molar-refractivity contribution in [3.63, 3.8) is 0 Å². The van der Waals surface area contributed by atoms with Gasteiger partial charge in [-0.3, -0.25) is 4.79 Å². The molecule has 3 aromatic rings. The number of fused-ring (bicyclic) bond motifs is 1. The number of carbonyl (C=O) groups is 1. The zero-order valence-electron chi connectivity index (χ0n) is 12.7. The van der Waals surface area contributed by atoms with Gasteiger partial charge in [0, 0.05) is 23.5 Å². The minimum Gasteiger partial charge on any atom is -0.461 e. The summed E-state index contributed by atoms with van der Waals surface area (Å²) in [6.45, 7) is 3.87. The lowest BCUT2D eigenvalue weighted by Gasteiger charge is -2.04. The Labute approximate surface area is 128 Å². The Kier molecular flexibility index (Phi) is 3.96. The van der Waals surface area contributed by atoms with Gasteiger partial charge in [0.2, 0.25) is 0 Å². The maximum Gasteiger partial charge on any atom is 0.306 e. The number of hydrogen-bond donors (Lipinski definition) is 1. The third kappa shape index (κ3) is 2.88. The molecule has 0 aliphatic heterocycles. The van der Waals surface area contributed by atoms with E-state index in [-0.39, 0.29) is 12.6 Å². The van der Waals surface area contributed by atoms with Gasteiger partial charge in [-0.05, 0) is 31.9 Å². The second-order valence-electron chi connectivity index (χ2n) is 5.32. The van der Waals surface area contributed by atoms with E-state index in [4.69, 9.17) is 9.26 Å². The highest BCUT2D eigenvalue weighted by molar-refractivity contribution is 5.83. The lowest BCUT2D eigenvalue weighted by Crippen LogP contribution is -2.06. The van der Waals surface area contributed by atoms with Gasteiger partial charge in [0.25, 0.3) is 0 Å². The van der Waals surface area contributed by atoms with Crippen LogP contribution in [-0.2, 0) is 22.6 Å². The maximum atomic E-state index is 11.9. The van der Waals surface area contributed by atoms with Gasteiger partial charge in [0.15, 0.2) is 0 Å². The van der Waals surface area contributed by atoms with E-state index in [1.807, 2.05) is 38.2 Å². The van der Waals surface area contributed by atoms with Gasteiger partial charge >= 0.3 is 5.97 Å². The minimum absolute atomic E-state index is 0.216. The number of carbonyl (C=O) groups excluding carboxylic acids is 1. The predicted molar refractivity (Wildman–Crippen MR) is 82.4 cm³/mol. The van der Waals surface area contributed by atoms with Crippen LogP contribution in [0.25, 0.3) is 10.9 Å². The highest BCUT2D eigenvalue weighted by Crippen LogP contribution is 2.19. The van der Waals surface area contributed by atoms with E-state index in [1.165, 1.54) is 0 Å². The van der Waals surface area contributed by atoms with Crippen molar-refractivity contribution >= 4 is 16.9 Å². The molecule has 0 saturated carbocycles. The number of nitrogens with zero attached hydrogens (tertiary/aromatic N) is 1. The van der Waals surface area contributed by atoms with Crippen LogP contribution >= 0.6 is 0 Å². The Bertz CT molecular complexity index is 782. The highest BCUT2D eigenvalue weighted by atomic mass is 16.5. The van der Waals surface area contributed by atoms with Gasteiger partial charge in [-0.2, -0.15) is 0 Å². The van der Waals surface area contributed by atoms with Crippen molar-refractivity contribution in [2.75, 3.05) is 0 Å². The molecule has 114 valence electrons. The summed E-state index contributed by atoms with van der Waals surface area (Å²) in [6, 6.07) is 8.06. The lowest BCUT2D eigenvalue weighted by molar-refractivity contribution is -0.144. The molecule has 1 aromatic carbocycles. The van der Waals surface area contributed by atoms with E-state index in [0.717, 1.165) is 27.7 Å². The smallest absolute Gasteiger partial charge is 0.306 e. The molecule has 0 saturated heterocycles. The molecule has 1 N–H and O–H groups in total. The quantitative estimate of drug-likeness (QED) is 0.733. The summed E-state index contributed by atoms with van der Waals surface area (Å²) in [6.07, 6.45) is 2.96. The molecule has 2 heterocycles. The maximum absolute atomic E-state index is 11.9. The monoisotopic (exact) mass is 298 g/mol. The topological polar surface area (TPSA) is 68.1 Å². The first-order chi connectivity index (χ1) is 10.6. The van der Waals surface area contributed by atoms with Crippen LogP contribution in [0.5, 0.6) is 0 Å². The van der Waals surface area contributed by atoms with E-state index in [9.17, 15) is 4.79 Å².